The van der Waals surface area contributed by atoms with Crippen molar-refractivity contribution in [3.05, 3.63) is 59.4 Å². The summed E-state index contributed by atoms with van der Waals surface area (Å²) in [6.07, 6.45) is 2.70. The van der Waals surface area contributed by atoms with Crippen LogP contribution >= 0.6 is 0 Å². The third-order valence-electron chi connectivity index (χ3n) is 11.0. The second-order valence-electron chi connectivity index (χ2n) is 13.7. The van der Waals surface area contributed by atoms with Crippen molar-refractivity contribution in [3.8, 4) is 23.2 Å². The number of alkyl halides is 1. The van der Waals surface area contributed by atoms with Gasteiger partial charge in [0, 0.05) is 43.5 Å². The van der Waals surface area contributed by atoms with Crippen molar-refractivity contribution < 1.29 is 27.1 Å². The van der Waals surface area contributed by atoms with E-state index in [9.17, 15) is 23.2 Å². The first-order valence-electron chi connectivity index (χ1n) is 16.3. The molecule has 47 heavy (non-hydrogen) atoms. The van der Waals surface area contributed by atoms with Crippen molar-refractivity contribution in [2.45, 2.75) is 62.2 Å². The standard InChI is InChI=1S/C35H34F4N6O2/c1-19(36)33(46)45-12-11-43(17-22(45)7-9-40)32-25-4-3-24(23-5-6-28(38)29-26-13-20(26)14-27(23)29)30(39)31(25)41-34(42-32)47-18-35-8-2-10-44(35)16-21(37)15-35/h3-6,20-22,26H,1-2,7-8,10-18H2/t20-,21+,22-,26-,35-/m0/s1. The summed E-state index contributed by atoms with van der Waals surface area (Å²) >= 11 is 0. The molecule has 0 spiro atoms. The zero-order valence-corrected chi connectivity index (χ0v) is 25.8. The highest BCUT2D eigenvalue weighted by atomic mass is 19.1. The van der Waals surface area contributed by atoms with Gasteiger partial charge in [-0.25, -0.2) is 17.6 Å². The van der Waals surface area contributed by atoms with Gasteiger partial charge in [0.1, 0.15) is 29.9 Å². The van der Waals surface area contributed by atoms with Crippen LogP contribution in [-0.2, 0) is 11.2 Å². The summed E-state index contributed by atoms with van der Waals surface area (Å²) in [6.45, 7) is 4.86. The summed E-state index contributed by atoms with van der Waals surface area (Å²) in [5, 5.41) is 9.90. The number of anilines is 1. The van der Waals surface area contributed by atoms with Gasteiger partial charge < -0.3 is 14.5 Å². The van der Waals surface area contributed by atoms with Crippen LogP contribution in [0.4, 0.5) is 23.4 Å². The molecule has 1 aromatic heterocycles. The van der Waals surface area contributed by atoms with Gasteiger partial charge in [-0.05, 0) is 72.9 Å². The highest BCUT2D eigenvalue weighted by Crippen LogP contribution is 2.58. The molecule has 3 aromatic rings. The quantitative estimate of drug-likeness (QED) is 0.244. The second kappa shape index (κ2) is 11.2. The molecule has 0 unspecified atom stereocenters. The van der Waals surface area contributed by atoms with Gasteiger partial charge in [0.15, 0.2) is 11.6 Å². The zero-order chi connectivity index (χ0) is 32.6. The van der Waals surface area contributed by atoms with Crippen LogP contribution in [0.1, 0.15) is 49.1 Å². The molecule has 0 bridgehead atoms. The van der Waals surface area contributed by atoms with Crippen LogP contribution in [0.5, 0.6) is 6.01 Å². The van der Waals surface area contributed by atoms with Crippen molar-refractivity contribution in [2.75, 3.05) is 44.2 Å². The number of halogens is 4. The fourth-order valence-electron chi connectivity index (χ4n) is 8.64. The molecule has 0 radical (unpaired) electrons. The topological polar surface area (TPSA) is 85.6 Å². The van der Waals surface area contributed by atoms with Crippen LogP contribution in [-0.4, -0.2) is 82.8 Å². The molecule has 0 N–H and O–H groups in total. The molecule has 4 heterocycles. The molecule has 4 fully saturated rings. The number of amides is 1. The van der Waals surface area contributed by atoms with Crippen molar-refractivity contribution in [1.29, 1.82) is 5.26 Å². The summed E-state index contributed by atoms with van der Waals surface area (Å²) in [7, 11) is 0. The first-order chi connectivity index (χ1) is 22.7. The van der Waals surface area contributed by atoms with Crippen LogP contribution in [0.3, 0.4) is 0 Å². The normalized spacial score (nSPS) is 27.8. The van der Waals surface area contributed by atoms with Gasteiger partial charge >= 0.3 is 6.01 Å². The van der Waals surface area contributed by atoms with E-state index in [-0.39, 0.29) is 55.9 Å². The van der Waals surface area contributed by atoms with E-state index in [1.807, 2.05) is 4.90 Å². The fourth-order valence-corrected chi connectivity index (χ4v) is 8.64. The van der Waals surface area contributed by atoms with E-state index in [2.05, 4.69) is 22.5 Å². The predicted molar refractivity (Wildman–Crippen MR) is 166 cm³/mol. The van der Waals surface area contributed by atoms with E-state index < -0.39 is 35.3 Å². The minimum atomic E-state index is -1.11. The third-order valence-corrected chi connectivity index (χ3v) is 11.0. The Morgan fingerprint density at radius 1 is 1.13 bits per heavy atom. The maximum absolute atomic E-state index is 16.8. The average molecular weight is 647 g/mol. The number of hydrogen-bond donors (Lipinski definition) is 0. The summed E-state index contributed by atoms with van der Waals surface area (Å²) in [4.78, 5) is 27.1. The molecule has 12 heteroatoms. The number of fused-ring (bicyclic) bond motifs is 5. The molecule has 5 atom stereocenters. The second-order valence-corrected chi connectivity index (χ2v) is 13.7. The first-order valence-corrected chi connectivity index (χ1v) is 16.3. The van der Waals surface area contributed by atoms with Crippen LogP contribution in [0.15, 0.2) is 36.7 Å². The first kappa shape index (κ1) is 30.1. The number of nitriles is 1. The summed E-state index contributed by atoms with van der Waals surface area (Å²) in [5.41, 5.74) is 2.02. The van der Waals surface area contributed by atoms with E-state index in [0.717, 1.165) is 31.4 Å². The van der Waals surface area contributed by atoms with E-state index in [4.69, 9.17) is 9.72 Å². The Labute approximate surface area is 269 Å². The molecule has 2 aliphatic carbocycles. The maximum Gasteiger partial charge on any atom is 0.319 e. The monoisotopic (exact) mass is 646 g/mol. The lowest BCUT2D eigenvalue weighted by molar-refractivity contribution is -0.131. The summed E-state index contributed by atoms with van der Waals surface area (Å²) in [5.74, 6) is -1.88. The summed E-state index contributed by atoms with van der Waals surface area (Å²) < 4.78 is 66.1. The highest BCUT2D eigenvalue weighted by molar-refractivity contribution is 5.94. The number of rotatable bonds is 7. The van der Waals surface area contributed by atoms with E-state index >= 15 is 4.39 Å². The van der Waals surface area contributed by atoms with Gasteiger partial charge in [0.2, 0.25) is 0 Å². The molecule has 5 aliphatic rings. The molecule has 1 saturated carbocycles. The molecular weight excluding hydrogens is 612 g/mol. The minimum Gasteiger partial charge on any atom is -0.461 e. The Hall–Kier alpha value is -4.24. The van der Waals surface area contributed by atoms with E-state index in [1.165, 1.54) is 11.0 Å². The summed E-state index contributed by atoms with van der Waals surface area (Å²) in [6, 6.07) is 7.79. The largest absolute Gasteiger partial charge is 0.461 e. The van der Waals surface area contributed by atoms with Crippen molar-refractivity contribution in [3.63, 3.8) is 0 Å². The Balaban J connectivity index is 1.20. The van der Waals surface area contributed by atoms with Crippen molar-refractivity contribution >= 4 is 22.6 Å². The van der Waals surface area contributed by atoms with Gasteiger partial charge in [-0.1, -0.05) is 18.7 Å². The van der Waals surface area contributed by atoms with Gasteiger partial charge in [-0.3, -0.25) is 9.69 Å². The number of piperazine rings is 1. The van der Waals surface area contributed by atoms with E-state index in [0.29, 0.717) is 53.2 Å². The lowest BCUT2D eigenvalue weighted by Crippen LogP contribution is -2.55. The van der Waals surface area contributed by atoms with E-state index in [1.54, 1.807) is 18.2 Å². The van der Waals surface area contributed by atoms with Crippen LogP contribution in [0, 0.1) is 28.9 Å². The zero-order valence-electron chi connectivity index (χ0n) is 25.8. The highest BCUT2D eigenvalue weighted by Gasteiger charge is 2.50. The fraction of sp³-hybridized carbons (Fsp3) is 0.486. The average Bonchev–Trinajstić information content (AvgIpc) is 3.36. The lowest BCUT2D eigenvalue weighted by atomic mass is 9.93. The molecule has 2 aromatic carbocycles. The molecule has 8 rings (SSSR count). The van der Waals surface area contributed by atoms with Gasteiger partial charge in [-0.2, -0.15) is 15.2 Å². The van der Waals surface area contributed by atoms with Crippen LogP contribution in [0.2, 0.25) is 0 Å². The Morgan fingerprint density at radius 2 is 1.96 bits per heavy atom. The predicted octanol–water partition coefficient (Wildman–Crippen LogP) is 5.60. The number of hydrogen-bond acceptors (Lipinski definition) is 7. The molecule has 3 aliphatic heterocycles. The van der Waals surface area contributed by atoms with Gasteiger partial charge in [0.25, 0.3) is 5.91 Å². The van der Waals surface area contributed by atoms with Crippen molar-refractivity contribution in [2.24, 2.45) is 5.92 Å². The molecule has 8 nitrogen and oxygen atoms in total. The maximum atomic E-state index is 16.8. The smallest absolute Gasteiger partial charge is 0.319 e. The van der Waals surface area contributed by atoms with Crippen LogP contribution in [0.25, 0.3) is 22.0 Å². The Bertz CT molecular complexity index is 1860. The lowest BCUT2D eigenvalue weighted by Gasteiger charge is -2.41. The molecule has 3 saturated heterocycles. The number of aromatic nitrogens is 2. The Morgan fingerprint density at radius 3 is 2.77 bits per heavy atom. The minimum absolute atomic E-state index is 0.0202. The van der Waals surface area contributed by atoms with Gasteiger partial charge in [0.05, 0.1) is 24.1 Å². The van der Waals surface area contributed by atoms with Crippen molar-refractivity contribution in [1.82, 2.24) is 19.8 Å². The molecular formula is C35H34F4N6O2. The number of nitrogens with zero attached hydrogens (tertiary/aromatic N) is 6. The number of benzene rings is 2. The Kier molecular flexibility index (Phi) is 7.17. The SMILES string of the molecule is C=C(F)C(=O)N1CCN(c2nc(OC[C@@]34CCCN3C[C@H](F)C4)nc3c(F)c(-c4ccc(F)c5c4C[C@@H]4C[C@H]54)ccc23)C[C@@H]1CC#N. The number of ether oxygens (including phenoxy) is 1. The number of carbonyl (C=O) groups is 1. The van der Waals surface area contributed by atoms with Crippen LogP contribution < -0.4 is 9.64 Å². The number of carbonyl (C=O) groups excluding carboxylic acids is 1. The molecule has 244 valence electrons. The molecule has 1 amide bonds. The van der Waals surface area contributed by atoms with Gasteiger partial charge in [-0.15, -0.1) is 0 Å². The third kappa shape index (κ3) is 4.93.